The highest BCUT2D eigenvalue weighted by atomic mass is 19.1. The molecule has 2 aromatic rings. The molecule has 140 valence electrons. The van der Waals surface area contributed by atoms with Gasteiger partial charge in [-0.05, 0) is 41.6 Å². The van der Waals surface area contributed by atoms with E-state index in [1.807, 2.05) is 0 Å². The highest BCUT2D eigenvalue weighted by Gasteiger charge is 2.56. The standard InChI is InChI=1S/C20H14BF5.FH/c22-13-5-2-1-4-11(13)10-21(18-14(23)6-3-7-15(18)24)19-16(25)9-8-12-17(19)20(12)26;/h1-9,12,17,20H,10H2;1H. The van der Waals surface area contributed by atoms with Crippen LogP contribution < -0.4 is 5.46 Å². The Kier molecular flexibility index (Phi) is 5.22. The van der Waals surface area contributed by atoms with Gasteiger partial charge in [0, 0.05) is 11.8 Å². The molecule has 27 heavy (non-hydrogen) atoms. The van der Waals surface area contributed by atoms with Crippen molar-refractivity contribution in [1.29, 1.82) is 0 Å². The molecule has 3 atom stereocenters. The van der Waals surface area contributed by atoms with Crippen LogP contribution in [0.5, 0.6) is 0 Å². The maximum atomic E-state index is 14.6. The normalized spacial score (nSPS) is 22.9. The van der Waals surface area contributed by atoms with E-state index >= 15 is 0 Å². The van der Waals surface area contributed by atoms with Gasteiger partial charge in [-0.2, -0.15) is 0 Å². The fourth-order valence-corrected chi connectivity index (χ4v) is 3.85. The Balaban J connectivity index is 0.00000210. The quantitative estimate of drug-likeness (QED) is 0.535. The van der Waals surface area contributed by atoms with Crippen LogP contribution in [-0.4, -0.2) is 12.9 Å². The first-order valence-electron chi connectivity index (χ1n) is 8.38. The second-order valence-electron chi connectivity index (χ2n) is 6.69. The molecule has 0 heterocycles. The number of benzene rings is 2. The summed E-state index contributed by atoms with van der Waals surface area (Å²) in [5.41, 5.74) is -0.145. The van der Waals surface area contributed by atoms with Crippen LogP contribution in [0, 0.1) is 29.3 Å². The Hall–Kier alpha value is -2.44. The van der Waals surface area contributed by atoms with Crippen LogP contribution in [0.1, 0.15) is 5.56 Å². The molecule has 0 amide bonds. The summed E-state index contributed by atoms with van der Waals surface area (Å²) in [6, 6.07) is 9.15. The average Bonchev–Trinajstić information content (AvgIpc) is 3.26. The molecule has 4 rings (SSSR count). The first kappa shape index (κ1) is 19.3. The van der Waals surface area contributed by atoms with Gasteiger partial charge in [-0.15, -0.1) is 0 Å². The molecule has 0 aromatic heterocycles. The maximum absolute atomic E-state index is 14.6. The van der Waals surface area contributed by atoms with Crippen molar-refractivity contribution in [1.82, 2.24) is 0 Å². The summed E-state index contributed by atoms with van der Waals surface area (Å²) >= 11 is 0. The molecular formula is C20H15BF6. The van der Waals surface area contributed by atoms with Gasteiger partial charge in [0.25, 0.3) is 0 Å². The Labute approximate surface area is 152 Å². The number of halogens is 6. The Morgan fingerprint density at radius 2 is 1.48 bits per heavy atom. The Morgan fingerprint density at radius 1 is 0.852 bits per heavy atom. The van der Waals surface area contributed by atoms with Gasteiger partial charge in [0.2, 0.25) is 6.71 Å². The van der Waals surface area contributed by atoms with Crippen molar-refractivity contribution in [2.75, 3.05) is 0 Å². The maximum Gasteiger partial charge on any atom is 0.220 e. The molecule has 7 heteroatoms. The highest BCUT2D eigenvalue weighted by Crippen LogP contribution is 2.52. The van der Waals surface area contributed by atoms with Crippen LogP contribution in [-0.2, 0) is 6.32 Å². The third kappa shape index (κ3) is 3.31. The smallest absolute Gasteiger partial charge is 0.220 e. The number of hydrogen-bond acceptors (Lipinski definition) is 0. The van der Waals surface area contributed by atoms with E-state index < -0.39 is 48.0 Å². The average molecular weight is 380 g/mol. The number of fused-ring (bicyclic) bond motifs is 1. The zero-order valence-corrected chi connectivity index (χ0v) is 14.0. The van der Waals surface area contributed by atoms with E-state index in [1.54, 1.807) is 6.07 Å². The molecule has 2 aliphatic carbocycles. The zero-order valence-electron chi connectivity index (χ0n) is 14.0. The van der Waals surface area contributed by atoms with Gasteiger partial charge in [0.15, 0.2) is 0 Å². The van der Waals surface area contributed by atoms with E-state index in [1.165, 1.54) is 30.3 Å². The van der Waals surface area contributed by atoms with E-state index in [4.69, 9.17) is 0 Å². The van der Waals surface area contributed by atoms with Gasteiger partial charge in [-0.25, -0.2) is 22.0 Å². The Bertz CT molecular complexity index is 902. The molecule has 1 fully saturated rings. The SMILES string of the molecule is F.FC1=C(B(Cc2ccccc2F)c2c(F)cccc2F)C2C(F)C2C=C1. The van der Waals surface area contributed by atoms with Crippen LogP contribution in [0.4, 0.5) is 26.7 Å². The summed E-state index contributed by atoms with van der Waals surface area (Å²) in [6.45, 7) is -1.12. The third-order valence-corrected chi connectivity index (χ3v) is 5.19. The number of allylic oxidation sites excluding steroid dienone is 4. The van der Waals surface area contributed by atoms with Gasteiger partial charge in [0.1, 0.15) is 29.5 Å². The van der Waals surface area contributed by atoms with Gasteiger partial charge >= 0.3 is 0 Å². The lowest BCUT2D eigenvalue weighted by atomic mass is 9.35. The van der Waals surface area contributed by atoms with Crippen molar-refractivity contribution < 1.29 is 26.7 Å². The van der Waals surface area contributed by atoms with Crippen molar-refractivity contribution in [3.63, 3.8) is 0 Å². The fraction of sp³-hybridized carbons (Fsp3) is 0.200. The second-order valence-corrected chi connectivity index (χ2v) is 6.69. The lowest BCUT2D eigenvalue weighted by Crippen LogP contribution is -2.42. The van der Waals surface area contributed by atoms with Gasteiger partial charge < -0.3 is 0 Å². The van der Waals surface area contributed by atoms with Gasteiger partial charge in [-0.1, -0.05) is 35.8 Å². The third-order valence-electron chi connectivity index (χ3n) is 5.19. The van der Waals surface area contributed by atoms with Crippen LogP contribution >= 0.6 is 0 Å². The predicted octanol–water partition coefficient (Wildman–Crippen LogP) is 4.66. The van der Waals surface area contributed by atoms with Crippen molar-refractivity contribution in [3.05, 3.63) is 88.9 Å². The van der Waals surface area contributed by atoms with Gasteiger partial charge in [-0.3, -0.25) is 4.70 Å². The predicted molar refractivity (Wildman–Crippen MR) is 93.5 cm³/mol. The van der Waals surface area contributed by atoms with Crippen molar-refractivity contribution in [2.45, 2.75) is 12.5 Å². The monoisotopic (exact) mass is 380 g/mol. The minimum Gasteiger partial charge on any atom is -0.269 e. The summed E-state index contributed by atoms with van der Waals surface area (Å²) in [6.07, 6.45) is 1.14. The molecule has 1 saturated carbocycles. The molecular weight excluding hydrogens is 365 g/mol. The number of hydrogen-bond donors (Lipinski definition) is 0. The summed E-state index contributed by atoms with van der Waals surface area (Å²) < 4.78 is 71.7. The second kappa shape index (κ2) is 7.29. The Morgan fingerprint density at radius 3 is 2.15 bits per heavy atom. The number of rotatable bonds is 4. The van der Waals surface area contributed by atoms with E-state index in [9.17, 15) is 22.0 Å². The van der Waals surface area contributed by atoms with E-state index in [-0.39, 0.29) is 27.5 Å². The molecule has 2 aliphatic rings. The minimum absolute atomic E-state index is 0. The molecule has 0 radical (unpaired) electrons. The molecule has 0 N–H and O–H groups in total. The lowest BCUT2D eigenvalue weighted by molar-refractivity contribution is 0.450. The molecule has 0 bridgehead atoms. The largest absolute Gasteiger partial charge is 0.269 e. The molecule has 0 saturated heterocycles. The molecule has 0 nitrogen and oxygen atoms in total. The van der Waals surface area contributed by atoms with E-state index in [0.29, 0.717) is 0 Å². The fourth-order valence-electron chi connectivity index (χ4n) is 3.85. The first-order chi connectivity index (χ1) is 12.5. The minimum atomic E-state index is -1.28. The summed E-state index contributed by atoms with van der Waals surface area (Å²) in [7, 11) is 0. The summed E-state index contributed by atoms with van der Waals surface area (Å²) in [4.78, 5) is 0. The summed E-state index contributed by atoms with van der Waals surface area (Å²) in [5.74, 6) is -4.19. The number of alkyl halides is 1. The van der Waals surface area contributed by atoms with Gasteiger partial charge in [0.05, 0.1) is 0 Å². The lowest BCUT2D eigenvalue weighted by Gasteiger charge is -2.21. The highest BCUT2D eigenvalue weighted by molar-refractivity contribution is 6.79. The van der Waals surface area contributed by atoms with Crippen LogP contribution in [0.2, 0.25) is 0 Å². The zero-order chi connectivity index (χ0) is 18.4. The molecule has 2 aromatic carbocycles. The topological polar surface area (TPSA) is 0 Å². The molecule has 0 aliphatic heterocycles. The first-order valence-corrected chi connectivity index (χ1v) is 8.38. The van der Waals surface area contributed by atoms with Crippen molar-refractivity contribution >= 4 is 12.2 Å². The van der Waals surface area contributed by atoms with E-state index in [2.05, 4.69) is 0 Å². The molecule has 3 unspecified atom stereocenters. The van der Waals surface area contributed by atoms with Crippen molar-refractivity contribution in [2.24, 2.45) is 11.8 Å². The van der Waals surface area contributed by atoms with E-state index in [0.717, 1.165) is 18.2 Å². The van der Waals surface area contributed by atoms with Crippen molar-refractivity contribution in [3.8, 4) is 0 Å². The van der Waals surface area contributed by atoms with Crippen LogP contribution in [0.25, 0.3) is 0 Å². The van der Waals surface area contributed by atoms with Crippen LogP contribution in [0.3, 0.4) is 0 Å². The summed E-state index contributed by atoms with van der Waals surface area (Å²) in [5, 5.41) is 0. The van der Waals surface area contributed by atoms with Crippen LogP contribution in [0.15, 0.2) is 65.9 Å². The molecule has 0 spiro atoms.